The van der Waals surface area contributed by atoms with E-state index in [0.29, 0.717) is 13.0 Å². The molecule has 0 spiro atoms. The van der Waals surface area contributed by atoms with Crippen LogP contribution in [0.1, 0.15) is 13.3 Å². The molecule has 116 valence electrons. The minimum absolute atomic E-state index is 0. The third kappa shape index (κ3) is 5.00. The number of aromatic nitrogens is 3. The molecule has 21 heavy (non-hydrogen) atoms. The first-order valence-electron chi connectivity index (χ1n) is 6.22. The highest BCUT2D eigenvalue weighted by Gasteiger charge is 2.07. The molecule has 0 unspecified atom stereocenters. The predicted octanol–water partition coefficient (Wildman–Crippen LogP) is 2.10. The Kier molecular flexibility index (Phi) is 8.61. The Hall–Kier alpha value is -1.63. The van der Waals surface area contributed by atoms with Crippen molar-refractivity contribution in [1.82, 2.24) is 14.8 Å². The average Bonchev–Trinajstić information content (AvgIpc) is 2.87. The summed E-state index contributed by atoms with van der Waals surface area (Å²) in [6.07, 6.45) is 2.00. The fraction of sp³-hybridized carbons (Fsp3) is 0.308. The quantitative estimate of drug-likeness (QED) is 0.878. The van der Waals surface area contributed by atoms with Crippen LogP contribution in [0.25, 0.3) is 11.4 Å². The third-order valence-electron chi connectivity index (χ3n) is 2.73. The van der Waals surface area contributed by atoms with Crippen molar-refractivity contribution in [3.8, 4) is 11.4 Å². The van der Waals surface area contributed by atoms with Gasteiger partial charge in [-0.2, -0.15) is 0 Å². The summed E-state index contributed by atoms with van der Waals surface area (Å²) in [5.74, 6) is 0.703. The van der Waals surface area contributed by atoms with E-state index in [1.807, 2.05) is 35.8 Å². The molecule has 2 rings (SSSR count). The van der Waals surface area contributed by atoms with Crippen molar-refractivity contribution in [2.45, 2.75) is 19.9 Å². The second-order valence-corrected chi connectivity index (χ2v) is 4.11. The fourth-order valence-corrected chi connectivity index (χ4v) is 1.80. The molecule has 1 aromatic carbocycles. The van der Waals surface area contributed by atoms with Gasteiger partial charge in [0.25, 0.3) is 0 Å². The van der Waals surface area contributed by atoms with E-state index < -0.39 is 0 Å². The SMILES string of the molecule is CCn1cnnc1-c1cccc(NC(=O)CCN)c1.Cl.Cl. The summed E-state index contributed by atoms with van der Waals surface area (Å²) in [7, 11) is 0. The highest BCUT2D eigenvalue weighted by Crippen LogP contribution is 2.20. The van der Waals surface area contributed by atoms with Crippen molar-refractivity contribution in [2.75, 3.05) is 11.9 Å². The molecule has 3 N–H and O–H groups in total. The van der Waals surface area contributed by atoms with Crippen LogP contribution in [0.2, 0.25) is 0 Å². The molecule has 1 aromatic heterocycles. The normalized spacial score (nSPS) is 9.43. The number of halogens is 2. The lowest BCUT2D eigenvalue weighted by atomic mass is 10.2. The Balaban J connectivity index is 0.00000200. The lowest BCUT2D eigenvalue weighted by molar-refractivity contribution is -0.116. The number of carbonyl (C=O) groups is 1. The van der Waals surface area contributed by atoms with E-state index in [9.17, 15) is 4.79 Å². The van der Waals surface area contributed by atoms with Crippen LogP contribution in [-0.4, -0.2) is 27.2 Å². The lowest BCUT2D eigenvalue weighted by Gasteiger charge is -2.07. The second kappa shape index (κ2) is 9.33. The summed E-state index contributed by atoms with van der Waals surface area (Å²) in [4.78, 5) is 11.5. The Morgan fingerprint density at radius 3 is 2.81 bits per heavy atom. The summed E-state index contributed by atoms with van der Waals surface area (Å²) in [6.45, 7) is 3.17. The molecular formula is C13H19Cl2N5O. The van der Waals surface area contributed by atoms with Crippen LogP contribution in [-0.2, 0) is 11.3 Å². The van der Waals surface area contributed by atoms with Crippen molar-refractivity contribution in [3.05, 3.63) is 30.6 Å². The predicted molar refractivity (Wildman–Crippen MR) is 87.9 cm³/mol. The minimum Gasteiger partial charge on any atom is -0.330 e. The lowest BCUT2D eigenvalue weighted by Crippen LogP contribution is -2.16. The highest BCUT2D eigenvalue weighted by molar-refractivity contribution is 5.91. The van der Waals surface area contributed by atoms with E-state index in [-0.39, 0.29) is 30.7 Å². The highest BCUT2D eigenvalue weighted by atomic mass is 35.5. The van der Waals surface area contributed by atoms with E-state index in [1.54, 1.807) is 6.33 Å². The number of benzene rings is 1. The first-order valence-corrected chi connectivity index (χ1v) is 6.22. The van der Waals surface area contributed by atoms with E-state index in [4.69, 9.17) is 5.73 Å². The van der Waals surface area contributed by atoms with E-state index >= 15 is 0 Å². The number of anilines is 1. The maximum Gasteiger partial charge on any atom is 0.225 e. The number of nitrogens with one attached hydrogen (secondary N) is 1. The number of hydrogen-bond donors (Lipinski definition) is 2. The molecule has 0 bridgehead atoms. The van der Waals surface area contributed by atoms with Gasteiger partial charge >= 0.3 is 0 Å². The van der Waals surface area contributed by atoms with Gasteiger partial charge in [-0.05, 0) is 19.1 Å². The van der Waals surface area contributed by atoms with Crippen LogP contribution in [0.3, 0.4) is 0 Å². The topological polar surface area (TPSA) is 85.8 Å². The number of nitrogens with two attached hydrogens (primary N) is 1. The van der Waals surface area contributed by atoms with Gasteiger partial charge < -0.3 is 15.6 Å². The van der Waals surface area contributed by atoms with Crippen LogP contribution < -0.4 is 11.1 Å². The monoisotopic (exact) mass is 331 g/mol. The maximum atomic E-state index is 11.5. The Morgan fingerprint density at radius 2 is 2.14 bits per heavy atom. The van der Waals surface area contributed by atoms with Crippen molar-refractivity contribution < 1.29 is 4.79 Å². The molecule has 1 amide bonds. The van der Waals surface area contributed by atoms with Gasteiger partial charge in [-0.1, -0.05) is 12.1 Å². The number of hydrogen-bond acceptors (Lipinski definition) is 4. The van der Waals surface area contributed by atoms with Crippen LogP contribution in [0, 0.1) is 0 Å². The molecule has 0 saturated carbocycles. The van der Waals surface area contributed by atoms with Crippen molar-refractivity contribution >= 4 is 36.4 Å². The maximum absolute atomic E-state index is 11.5. The molecule has 2 aromatic rings. The Labute approximate surface area is 135 Å². The van der Waals surface area contributed by atoms with Crippen LogP contribution in [0.5, 0.6) is 0 Å². The van der Waals surface area contributed by atoms with Gasteiger partial charge in [0.15, 0.2) is 5.82 Å². The van der Waals surface area contributed by atoms with Gasteiger partial charge in [0.2, 0.25) is 5.91 Å². The van der Waals surface area contributed by atoms with Gasteiger partial charge in [-0.25, -0.2) is 0 Å². The first-order chi connectivity index (χ1) is 9.24. The molecule has 6 nitrogen and oxygen atoms in total. The van der Waals surface area contributed by atoms with Gasteiger partial charge in [0.1, 0.15) is 6.33 Å². The van der Waals surface area contributed by atoms with Gasteiger partial charge in [0.05, 0.1) is 0 Å². The minimum atomic E-state index is -0.0865. The first kappa shape index (κ1) is 19.4. The van der Waals surface area contributed by atoms with Gasteiger partial charge in [-0.15, -0.1) is 35.0 Å². The molecule has 0 saturated heterocycles. The number of nitrogens with zero attached hydrogens (tertiary/aromatic N) is 3. The van der Waals surface area contributed by atoms with E-state index in [0.717, 1.165) is 23.6 Å². The summed E-state index contributed by atoms with van der Waals surface area (Å²) >= 11 is 0. The summed E-state index contributed by atoms with van der Waals surface area (Å²) in [5, 5.41) is 10.8. The van der Waals surface area contributed by atoms with Crippen molar-refractivity contribution in [1.29, 1.82) is 0 Å². The summed E-state index contributed by atoms with van der Waals surface area (Å²) in [5.41, 5.74) is 7.00. The number of amides is 1. The van der Waals surface area contributed by atoms with E-state index in [1.165, 1.54) is 0 Å². The van der Waals surface area contributed by atoms with Crippen molar-refractivity contribution in [3.63, 3.8) is 0 Å². The third-order valence-corrected chi connectivity index (χ3v) is 2.73. The van der Waals surface area contributed by atoms with E-state index in [2.05, 4.69) is 15.5 Å². The number of aryl methyl sites for hydroxylation is 1. The second-order valence-electron chi connectivity index (χ2n) is 4.11. The van der Waals surface area contributed by atoms with Crippen LogP contribution in [0.15, 0.2) is 30.6 Å². The molecule has 0 aliphatic rings. The molecule has 0 fully saturated rings. The Morgan fingerprint density at radius 1 is 1.38 bits per heavy atom. The standard InChI is InChI=1S/C13H17N5O.2ClH/c1-2-18-9-15-17-13(18)10-4-3-5-11(8-10)16-12(19)6-7-14;;/h3-5,8-9H,2,6-7,14H2,1H3,(H,16,19);2*1H. The Bertz CT molecular complexity index is 573. The zero-order chi connectivity index (χ0) is 13.7. The molecule has 1 heterocycles. The summed E-state index contributed by atoms with van der Waals surface area (Å²) < 4.78 is 1.95. The number of rotatable bonds is 5. The molecule has 0 atom stereocenters. The molecule has 0 aliphatic heterocycles. The summed E-state index contributed by atoms with van der Waals surface area (Å²) in [6, 6.07) is 7.53. The molecule has 8 heteroatoms. The average molecular weight is 332 g/mol. The number of carbonyl (C=O) groups excluding carboxylic acids is 1. The van der Waals surface area contributed by atoms with Crippen LogP contribution >= 0.6 is 24.8 Å². The zero-order valence-corrected chi connectivity index (χ0v) is 13.3. The van der Waals surface area contributed by atoms with Crippen LogP contribution in [0.4, 0.5) is 5.69 Å². The smallest absolute Gasteiger partial charge is 0.225 e. The molecular weight excluding hydrogens is 313 g/mol. The van der Waals surface area contributed by atoms with Crippen molar-refractivity contribution in [2.24, 2.45) is 5.73 Å². The molecule has 0 aliphatic carbocycles. The zero-order valence-electron chi connectivity index (χ0n) is 11.7. The van der Waals surface area contributed by atoms with Gasteiger partial charge in [0, 0.05) is 30.8 Å². The molecule has 0 radical (unpaired) electrons. The largest absolute Gasteiger partial charge is 0.330 e. The van der Waals surface area contributed by atoms with Gasteiger partial charge in [-0.3, -0.25) is 4.79 Å². The fourth-order valence-electron chi connectivity index (χ4n) is 1.80.